The summed E-state index contributed by atoms with van der Waals surface area (Å²) in [5.41, 5.74) is 1.35. The minimum Gasteiger partial charge on any atom is -0.355 e. The van der Waals surface area contributed by atoms with Crippen LogP contribution in [-0.2, 0) is 10.0 Å². The molecule has 1 heterocycles. The number of likely N-dealkylation sites (tertiary alicyclic amines) is 1. The van der Waals surface area contributed by atoms with Crippen molar-refractivity contribution < 1.29 is 8.42 Å². The normalized spacial score (nSPS) is 17.9. The summed E-state index contributed by atoms with van der Waals surface area (Å²) in [6.07, 6.45) is 1.09. The zero-order valence-corrected chi connectivity index (χ0v) is 16.3. The fourth-order valence-electron chi connectivity index (χ4n) is 3.32. The van der Waals surface area contributed by atoms with Gasteiger partial charge in [-0.2, -0.15) is 0 Å². The van der Waals surface area contributed by atoms with Crippen LogP contribution < -0.4 is 10.0 Å². The molecule has 0 aromatic heterocycles. The van der Waals surface area contributed by atoms with Crippen molar-refractivity contribution in [2.45, 2.75) is 17.2 Å². The molecule has 2 aromatic rings. The second-order valence-electron chi connectivity index (χ2n) is 6.53. The van der Waals surface area contributed by atoms with Crippen LogP contribution in [0.4, 0.5) is 0 Å². The minimum absolute atomic E-state index is 0.277. The standard InChI is InChI=1S/C20H26N4O2S/c1-21-20(24-15-12-18(16-24)17-8-4-2-5-9-17)22-13-14-23-27(25,26)19-10-6-3-7-11-19/h2-11,18,23H,12-16H2,1H3,(H,21,22). The van der Waals surface area contributed by atoms with E-state index in [-0.39, 0.29) is 4.90 Å². The molecule has 2 N–H and O–H groups in total. The number of nitrogens with one attached hydrogen (secondary N) is 2. The van der Waals surface area contributed by atoms with Gasteiger partial charge in [0.1, 0.15) is 0 Å². The predicted molar refractivity (Wildman–Crippen MR) is 108 cm³/mol. The fraction of sp³-hybridized carbons (Fsp3) is 0.350. The van der Waals surface area contributed by atoms with E-state index < -0.39 is 10.0 Å². The zero-order chi connectivity index (χ0) is 19.1. The third kappa shape index (κ3) is 5.08. The molecule has 0 amide bonds. The molecule has 144 valence electrons. The number of nitrogens with zero attached hydrogens (tertiary/aromatic N) is 2. The molecule has 1 aliphatic rings. The van der Waals surface area contributed by atoms with Crippen molar-refractivity contribution in [3.05, 3.63) is 66.2 Å². The molecule has 6 nitrogen and oxygen atoms in total. The van der Waals surface area contributed by atoms with E-state index in [0.717, 1.165) is 25.5 Å². The van der Waals surface area contributed by atoms with Gasteiger partial charge >= 0.3 is 0 Å². The van der Waals surface area contributed by atoms with Crippen molar-refractivity contribution in [3.8, 4) is 0 Å². The molecule has 1 fully saturated rings. The highest BCUT2D eigenvalue weighted by Gasteiger charge is 2.25. The van der Waals surface area contributed by atoms with Crippen LogP contribution in [0.15, 0.2) is 70.6 Å². The number of sulfonamides is 1. The highest BCUT2D eigenvalue weighted by atomic mass is 32.2. The SMILES string of the molecule is CN=C(NCCNS(=O)(=O)c1ccccc1)N1CCC(c2ccccc2)C1. The zero-order valence-electron chi connectivity index (χ0n) is 15.5. The van der Waals surface area contributed by atoms with E-state index in [9.17, 15) is 8.42 Å². The quantitative estimate of drug-likeness (QED) is 0.453. The maximum Gasteiger partial charge on any atom is 0.240 e. The Morgan fingerprint density at radius 2 is 1.74 bits per heavy atom. The molecule has 1 saturated heterocycles. The first kappa shape index (κ1) is 19.4. The van der Waals surface area contributed by atoms with Crippen molar-refractivity contribution in [1.82, 2.24) is 14.9 Å². The van der Waals surface area contributed by atoms with Crippen molar-refractivity contribution in [2.24, 2.45) is 4.99 Å². The first-order valence-corrected chi connectivity index (χ1v) is 10.6. The molecule has 3 rings (SSSR count). The van der Waals surface area contributed by atoms with Gasteiger partial charge < -0.3 is 10.2 Å². The molecule has 0 aliphatic carbocycles. The average Bonchev–Trinajstić information content (AvgIpc) is 3.19. The monoisotopic (exact) mass is 386 g/mol. The molecule has 27 heavy (non-hydrogen) atoms. The van der Waals surface area contributed by atoms with Crippen molar-refractivity contribution >= 4 is 16.0 Å². The predicted octanol–water partition coefficient (Wildman–Crippen LogP) is 2.03. The van der Waals surface area contributed by atoms with Gasteiger partial charge in [-0.05, 0) is 24.1 Å². The van der Waals surface area contributed by atoms with Crippen molar-refractivity contribution in [3.63, 3.8) is 0 Å². The van der Waals surface area contributed by atoms with Gasteiger partial charge in [0.15, 0.2) is 5.96 Å². The molecule has 0 bridgehead atoms. The molecule has 0 radical (unpaired) electrons. The largest absolute Gasteiger partial charge is 0.355 e. The summed E-state index contributed by atoms with van der Waals surface area (Å²) in [5, 5.41) is 3.26. The topological polar surface area (TPSA) is 73.8 Å². The van der Waals surface area contributed by atoms with Gasteiger partial charge in [-0.25, -0.2) is 13.1 Å². The second kappa shape index (κ2) is 9.01. The molecule has 0 saturated carbocycles. The summed E-state index contributed by atoms with van der Waals surface area (Å²) in [6.45, 7) is 2.63. The molecule has 0 spiro atoms. The van der Waals surface area contributed by atoms with Crippen LogP contribution in [0.2, 0.25) is 0 Å². The number of guanidine groups is 1. The molecule has 2 aromatic carbocycles. The van der Waals surface area contributed by atoms with Crippen LogP contribution in [0.25, 0.3) is 0 Å². The van der Waals surface area contributed by atoms with E-state index in [4.69, 9.17) is 0 Å². The lowest BCUT2D eigenvalue weighted by Crippen LogP contribution is -2.43. The second-order valence-corrected chi connectivity index (χ2v) is 8.29. The highest BCUT2D eigenvalue weighted by Crippen LogP contribution is 2.26. The van der Waals surface area contributed by atoms with Crippen LogP contribution in [0, 0.1) is 0 Å². The number of hydrogen-bond donors (Lipinski definition) is 2. The van der Waals surface area contributed by atoms with Gasteiger partial charge in [-0.15, -0.1) is 0 Å². The van der Waals surface area contributed by atoms with Crippen molar-refractivity contribution in [1.29, 1.82) is 0 Å². The lowest BCUT2D eigenvalue weighted by Gasteiger charge is -2.22. The number of benzene rings is 2. The van der Waals surface area contributed by atoms with Gasteiger partial charge in [0.2, 0.25) is 10.0 Å². The minimum atomic E-state index is -3.47. The smallest absolute Gasteiger partial charge is 0.240 e. The van der Waals surface area contributed by atoms with Gasteiger partial charge in [0.05, 0.1) is 4.90 Å². The first-order chi connectivity index (χ1) is 13.1. The van der Waals surface area contributed by atoms with E-state index in [1.54, 1.807) is 37.4 Å². The summed E-state index contributed by atoms with van der Waals surface area (Å²) < 4.78 is 27.1. The number of rotatable bonds is 6. The molecular weight excluding hydrogens is 360 g/mol. The van der Waals surface area contributed by atoms with Gasteiger partial charge in [0.25, 0.3) is 0 Å². The summed E-state index contributed by atoms with van der Waals surface area (Å²) >= 11 is 0. The first-order valence-electron chi connectivity index (χ1n) is 9.15. The third-order valence-corrected chi connectivity index (χ3v) is 6.20. The maximum atomic E-state index is 12.2. The fourth-order valence-corrected chi connectivity index (χ4v) is 4.38. The Morgan fingerprint density at radius 3 is 2.41 bits per heavy atom. The lowest BCUT2D eigenvalue weighted by atomic mass is 9.99. The Balaban J connectivity index is 1.48. The van der Waals surface area contributed by atoms with E-state index in [0.29, 0.717) is 19.0 Å². The summed E-state index contributed by atoms with van der Waals surface area (Å²) in [7, 11) is -1.72. The van der Waals surface area contributed by atoms with Crippen LogP contribution >= 0.6 is 0 Å². The molecule has 1 aliphatic heterocycles. The molecule has 7 heteroatoms. The lowest BCUT2D eigenvalue weighted by molar-refractivity contribution is 0.486. The number of hydrogen-bond acceptors (Lipinski definition) is 3. The van der Waals surface area contributed by atoms with Crippen LogP contribution in [0.5, 0.6) is 0 Å². The highest BCUT2D eigenvalue weighted by molar-refractivity contribution is 7.89. The Bertz CT molecular complexity index is 854. The average molecular weight is 387 g/mol. The summed E-state index contributed by atoms with van der Waals surface area (Å²) in [4.78, 5) is 6.85. The Morgan fingerprint density at radius 1 is 1.07 bits per heavy atom. The molecule has 1 atom stereocenters. The van der Waals surface area contributed by atoms with E-state index in [2.05, 4.69) is 44.2 Å². The van der Waals surface area contributed by atoms with Crippen LogP contribution in [-0.4, -0.2) is 52.5 Å². The summed E-state index contributed by atoms with van der Waals surface area (Å²) in [5.74, 6) is 1.31. The number of aliphatic imine (C=N–C) groups is 1. The van der Waals surface area contributed by atoms with Gasteiger partial charge in [-0.3, -0.25) is 4.99 Å². The Kier molecular flexibility index (Phi) is 6.47. The summed E-state index contributed by atoms with van der Waals surface area (Å²) in [6, 6.07) is 18.9. The Hall–Kier alpha value is -2.38. The maximum absolute atomic E-state index is 12.2. The van der Waals surface area contributed by atoms with Gasteiger partial charge in [0, 0.05) is 39.1 Å². The van der Waals surface area contributed by atoms with Crippen molar-refractivity contribution in [2.75, 3.05) is 33.2 Å². The van der Waals surface area contributed by atoms with E-state index >= 15 is 0 Å². The van der Waals surface area contributed by atoms with E-state index in [1.807, 2.05) is 6.07 Å². The van der Waals surface area contributed by atoms with Crippen LogP contribution in [0.3, 0.4) is 0 Å². The van der Waals surface area contributed by atoms with Gasteiger partial charge in [-0.1, -0.05) is 48.5 Å². The van der Waals surface area contributed by atoms with Crippen LogP contribution in [0.1, 0.15) is 17.9 Å². The molecular formula is C20H26N4O2S. The third-order valence-electron chi connectivity index (χ3n) is 4.72. The molecule has 1 unspecified atom stereocenters. The Labute approximate surface area is 161 Å². The van der Waals surface area contributed by atoms with E-state index in [1.165, 1.54) is 5.56 Å².